The van der Waals surface area contributed by atoms with Crippen molar-refractivity contribution >= 4 is 27.7 Å². The van der Waals surface area contributed by atoms with Crippen molar-refractivity contribution < 1.29 is 0 Å². The minimum atomic E-state index is -0.470. The number of nitrogens with zero attached hydrogens (tertiary/aromatic N) is 1. The fourth-order valence-corrected chi connectivity index (χ4v) is 3.78. The van der Waals surface area contributed by atoms with Crippen LogP contribution in [0.3, 0.4) is 0 Å². The molecule has 0 atom stereocenters. The molecule has 3 heteroatoms. The second-order valence-corrected chi connectivity index (χ2v) is 7.10. The molecule has 0 spiro atoms. The third-order valence-electron chi connectivity index (χ3n) is 4.69. The van der Waals surface area contributed by atoms with Crippen molar-refractivity contribution in [1.82, 2.24) is 4.98 Å². The van der Waals surface area contributed by atoms with Crippen LogP contribution >= 0.6 is 15.9 Å². The van der Waals surface area contributed by atoms with E-state index in [1.807, 2.05) is 6.07 Å². The van der Waals surface area contributed by atoms with Gasteiger partial charge in [-0.15, -0.1) is 5.59 Å². The highest BCUT2D eigenvalue weighted by Gasteiger charge is 2.26. The number of pyridine rings is 1. The van der Waals surface area contributed by atoms with Crippen LogP contribution < -0.4 is 5.59 Å². The first kappa shape index (κ1) is 17.7. The summed E-state index contributed by atoms with van der Waals surface area (Å²) in [5, 5.41) is 0. The number of unbranched alkanes of at least 4 members (excludes halogenated alkanes) is 3. The molecule has 0 amide bonds. The second-order valence-electron chi connectivity index (χ2n) is 6.29. The molecule has 0 fully saturated rings. The molecule has 1 aromatic heterocycles. The largest absolute Gasteiger partial charge is 0.288 e. The Labute approximate surface area is 134 Å². The third-order valence-corrected chi connectivity index (χ3v) is 5.14. The van der Waals surface area contributed by atoms with Gasteiger partial charge in [0.1, 0.15) is 4.60 Å². The van der Waals surface area contributed by atoms with E-state index < -0.39 is 6.15 Å². The molecule has 0 aliphatic heterocycles. The summed E-state index contributed by atoms with van der Waals surface area (Å²) in [7, 11) is 0. The monoisotopic (exact) mass is 338 g/mol. The van der Waals surface area contributed by atoms with E-state index in [2.05, 4.69) is 48.8 Å². The maximum Gasteiger partial charge on any atom is 0.102 e. The van der Waals surface area contributed by atoms with Crippen LogP contribution in [0.2, 0.25) is 19.0 Å². The molecule has 0 bridgehead atoms. The standard InChI is InChI=1S/C17H30BBrN/c1-4-7-13-18(14-8-5-2,15-9-6-3)16-11-10-12-17(19)20-16/h10-12H,4-9,13-15H2,1-3H3/q-1. The Kier molecular flexibility index (Phi) is 8.52. The number of hydrogen-bond donors (Lipinski definition) is 0. The highest BCUT2D eigenvalue weighted by atomic mass is 79.9. The summed E-state index contributed by atoms with van der Waals surface area (Å²) in [6.45, 7) is 6.90. The molecular weight excluding hydrogens is 309 g/mol. The van der Waals surface area contributed by atoms with Gasteiger partial charge in [-0.05, 0) is 22.0 Å². The second kappa shape index (κ2) is 9.60. The Morgan fingerprint density at radius 2 is 1.40 bits per heavy atom. The summed E-state index contributed by atoms with van der Waals surface area (Å²) >= 11 is 3.56. The van der Waals surface area contributed by atoms with Crippen LogP contribution in [0.5, 0.6) is 0 Å². The zero-order chi connectivity index (χ0) is 14.8. The Morgan fingerprint density at radius 1 is 0.900 bits per heavy atom. The van der Waals surface area contributed by atoms with E-state index >= 15 is 0 Å². The highest BCUT2D eigenvalue weighted by molar-refractivity contribution is 9.10. The van der Waals surface area contributed by atoms with Crippen molar-refractivity contribution in [3.63, 3.8) is 0 Å². The highest BCUT2D eigenvalue weighted by Crippen LogP contribution is 2.28. The molecule has 0 saturated carbocycles. The number of halogens is 1. The molecule has 0 aliphatic rings. The fourth-order valence-electron chi connectivity index (χ4n) is 3.43. The number of rotatable bonds is 10. The SMILES string of the molecule is CCCC[B-](CCCC)(CCCC)c1cccc(Br)n1. The van der Waals surface area contributed by atoms with E-state index in [1.54, 1.807) is 0 Å². The van der Waals surface area contributed by atoms with E-state index in [0.29, 0.717) is 0 Å². The average Bonchev–Trinajstić information content (AvgIpc) is 2.47. The first-order valence-electron chi connectivity index (χ1n) is 8.51. The fraction of sp³-hybridized carbons (Fsp3) is 0.706. The zero-order valence-electron chi connectivity index (χ0n) is 13.5. The molecule has 0 aromatic carbocycles. The molecule has 20 heavy (non-hydrogen) atoms. The Hall–Kier alpha value is -0.305. The summed E-state index contributed by atoms with van der Waals surface area (Å²) in [6.07, 6.45) is 11.4. The molecule has 114 valence electrons. The van der Waals surface area contributed by atoms with Gasteiger partial charge in [0, 0.05) is 6.15 Å². The molecule has 0 unspecified atom stereocenters. The predicted octanol–water partition coefficient (Wildman–Crippen LogP) is 5.90. The Balaban J connectivity index is 3.04. The minimum absolute atomic E-state index is 0.470. The van der Waals surface area contributed by atoms with Gasteiger partial charge in [-0.3, -0.25) is 4.98 Å². The van der Waals surface area contributed by atoms with Crippen molar-refractivity contribution in [2.24, 2.45) is 0 Å². The molecule has 0 radical (unpaired) electrons. The van der Waals surface area contributed by atoms with Crippen molar-refractivity contribution in [2.45, 2.75) is 78.3 Å². The lowest BCUT2D eigenvalue weighted by Gasteiger charge is -2.40. The summed E-state index contributed by atoms with van der Waals surface area (Å²) in [6, 6.07) is 6.47. The summed E-state index contributed by atoms with van der Waals surface area (Å²) in [5.41, 5.74) is 1.37. The normalized spacial score (nSPS) is 11.8. The maximum atomic E-state index is 4.85. The lowest BCUT2D eigenvalue weighted by molar-refractivity contribution is 0.798. The number of aromatic nitrogens is 1. The van der Waals surface area contributed by atoms with Gasteiger partial charge in [-0.1, -0.05) is 71.4 Å². The van der Waals surface area contributed by atoms with E-state index in [4.69, 9.17) is 4.98 Å². The van der Waals surface area contributed by atoms with Gasteiger partial charge in [0.25, 0.3) is 0 Å². The molecule has 0 N–H and O–H groups in total. The first-order chi connectivity index (χ1) is 9.68. The topological polar surface area (TPSA) is 12.9 Å². The molecule has 0 saturated heterocycles. The van der Waals surface area contributed by atoms with Crippen molar-refractivity contribution in [3.8, 4) is 0 Å². The van der Waals surface area contributed by atoms with Crippen LogP contribution in [-0.4, -0.2) is 11.1 Å². The van der Waals surface area contributed by atoms with Gasteiger partial charge in [0.05, 0.1) is 0 Å². The van der Waals surface area contributed by atoms with Crippen LogP contribution in [0.25, 0.3) is 0 Å². The van der Waals surface area contributed by atoms with Gasteiger partial charge in [-0.2, -0.15) is 19.0 Å². The predicted molar refractivity (Wildman–Crippen MR) is 96.5 cm³/mol. The third kappa shape index (κ3) is 5.23. The van der Waals surface area contributed by atoms with E-state index in [0.717, 1.165) is 4.60 Å². The van der Waals surface area contributed by atoms with Gasteiger partial charge in [0.2, 0.25) is 0 Å². The molecular formula is C17H30BBrN-. The molecule has 1 heterocycles. The molecule has 0 aliphatic carbocycles. The van der Waals surface area contributed by atoms with Crippen molar-refractivity contribution in [3.05, 3.63) is 22.8 Å². The molecule has 1 nitrogen and oxygen atoms in total. The average molecular weight is 339 g/mol. The van der Waals surface area contributed by atoms with Gasteiger partial charge in [0.15, 0.2) is 0 Å². The Morgan fingerprint density at radius 3 is 1.80 bits per heavy atom. The van der Waals surface area contributed by atoms with Gasteiger partial charge < -0.3 is 0 Å². The lowest BCUT2D eigenvalue weighted by atomic mass is 9.17. The van der Waals surface area contributed by atoms with Gasteiger partial charge >= 0.3 is 0 Å². The summed E-state index contributed by atoms with van der Waals surface area (Å²) in [5.74, 6) is 0. The van der Waals surface area contributed by atoms with Crippen LogP contribution in [0, 0.1) is 0 Å². The van der Waals surface area contributed by atoms with E-state index in [1.165, 1.54) is 63.1 Å². The van der Waals surface area contributed by atoms with E-state index in [9.17, 15) is 0 Å². The maximum absolute atomic E-state index is 4.85. The van der Waals surface area contributed by atoms with E-state index in [-0.39, 0.29) is 0 Å². The Bertz CT molecular complexity index is 359. The summed E-state index contributed by atoms with van der Waals surface area (Å²) in [4.78, 5) is 4.85. The van der Waals surface area contributed by atoms with Crippen molar-refractivity contribution in [2.75, 3.05) is 0 Å². The first-order valence-corrected chi connectivity index (χ1v) is 9.31. The van der Waals surface area contributed by atoms with Crippen LogP contribution in [0.15, 0.2) is 22.8 Å². The van der Waals surface area contributed by atoms with Crippen LogP contribution in [0.4, 0.5) is 0 Å². The molecule has 1 rings (SSSR count). The summed E-state index contributed by atoms with van der Waals surface area (Å²) < 4.78 is 0.991. The number of hydrogen-bond acceptors (Lipinski definition) is 1. The van der Waals surface area contributed by atoms with Crippen LogP contribution in [0.1, 0.15) is 59.3 Å². The minimum Gasteiger partial charge on any atom is -0.288 e. The zero-order valence-corrected chi connectivity index (χ0v) is 15.1. The van der Waals surface area contributed by atoms with Crippen LogP contribution in [-0.2, 0) is 0 Å². The quantitative estimate of drug-likeness (QED) is 0.382. The lowest BCUT2D eigenvalue weighted by Crippen LogP contribution is -2.49. The van der Waals surface area contributed by atoms with Crippen molar-refractivity contribution in [1.29, 1.82) is 0 Å². The molecule has 1 aromatic rings. The van der Waals surface area contributed by atoms with Gasteiger partial charge in [-0.25, -0.2) is 0 Å². The smallest absolute Gasteiger partial charge is 0.102 e.